The number of nitrogens with two attached hydrogens (primary N) is 1. The molecule has 1 unspecified atom stereocenters. The average Bonchev–Trinajstić information content (AvgIpc) is 2.75. The van der Waals surface area contributed by atoms with Crippen LogP contribution in [0.15, 0.2) is 12.1 Å². The highest BCUT2D eigenvalue weighted by Crippen LogP contribution is 2.27. The number of carbonyl (C=O) groups excluding carboxylic acids is 1. The van der Waals surface area contributed by atoms with Crippen LogP contribution in [0.4, 0.5) is 4.39 Å². The number of hydrogen-bond donors (Lipinski definition) is 1. The molecule has 1 saturated heterocycles. The molecule has 2 N–H and O–H groups in total. The Kier molecular flexibility index (Phi) is 2.99. The Bertz CT molecular complexity index is 406. The number of aryl methyl sites for hydroxylation is 1. The molecule has 1 atom stereocenters. The summed E-state index contributed by atoms with van der Waals surface area (Å²) in [5, 5.41) is 0. The Morgan fingerprint density at radius 2 is 2.44 bits per heavy atom. The summed E-state index contributed by atoms with van der Waals surface area (Å²) in [6.45, 7) is 3.47. The number of carbonyl (C=O) groups is 1. The van der Waals surface area contributed by atoms with Gasteiger partial charge >= 0.3 is 0 Å². The van der Waals surface area contributed by atoms with Crippen LogP contribution in [0, 0.1) is 6.92 Å². The minimum atomic E-state index is -1.83. The zero-order valence-corrected chi connectivity index (χ0v) is 10.0. The first-order valence-electron chi connectivity index (χ1n) is 5.26. The number of hydrogen-bond acceptors (Lipinski definition) is 3. The summed E-state index contributed by atoms with van der Waals surface area (Å²) in [5.74, 6) is -0.836. The van der Waals surface area contributed by atoms with Crippen molar-refractivity contribution in [1.29, 1.82) is 0 Å². The van der Waals surface area contributed by atoms with Crippen molar-refractivity contribution >= 4 is 17.2 Å². The maximum atomic E-state index is 13.9. The average molecular weight is 242 g/mol. The number of thiophene rings is 1. The lowest BCUT2D eigenvalue weighted by Gasteiger charge is -2.17. The zero-order valence-electron chi connectivity index (χ0n) is 9.20. The Hall–Kier alpha value is -0.940. The monoisotopic (exact) mass is 242 g/mol. The summed E-state index contributed by atoms with van der Waals surface area (Å²) in [7, 11) is 0. The lowest BCUT2D eigenvalue weighted by Crippen LogP contribution is -2.42. The Morgan fingerprint density at radius 1 is 1.69 bits per heavy atom. The second-order valence-electron chi connectivity index (χ2n) is 4.30. The van der Waals surface area contributed by atoms with Crippen molar-refractivity contribution in [3.8, 4) is 0 Å². The number of amides is 1. The van der Waals surface area contributed by atoms with Crippen LogP contribution in [0.25, 0.3) is 0 Å². The summed E-state index contributed by atoms with van der Waals surface area (Å²) in [6, 6.07) is 4.09. The van der Waals surface area contributed by atoms with E-state index in [0.717, 1.165) is 0 Å². The maximum Gasteiger partial charge on any atom is 0.256 e. The molecule has 2 rings (SSSR count). The van der Waals surface area contributed by atoms with E-state index in [-0.39, 0.29) is 13.0 Å². The third-order valence-electron chi connectivity index (χ3n) is 2.92. The van der Waals surface area contributed by atoms with Crippen molar-refractivity contribution in [2.24, 2.45) is 5.73 Å². The number of halogens is 1. The summed E-state index contributed by atoms with van der Waals surface area (Å²) in [6.07, 6.45) is 0.215. The van der Waals surface area contributed by atoms with E-state index in [1.807, 2.05) is 24.0 Å². The van der Waals surface area contributed by atoms with Gasteiger partial charge in [-0.25, -0.2) is 4.39 Å². The highest BCUT2D eigenvalue weighted by atomic mass is 32.1. The summed E-state index contributed by atoms with van der Waals surface area (Å²) < 4.78 is 13.9. The molecule has 0 aliphatic carbocycles. The third kappa shape index (κ3) is 2.25. The van der Waals surface area contributed by atoms with Gasteiger partial charge in [0.25, 0.3) is 5.91 Å². The third-order valence-corrected chi connectivity index (χ3v) is 3.90. The molecule has 1 aromatic heterocycles. The molecule has 1 fully saturated rings. The number of likely N-dealkylation sites (tertiary alicyclic amines) is 1. The Balaban J connectivity index is 1.97. The van der Waals surface area contributed by atoms with Gasteiger partial charge in [0.05, 0.1) is 0 Å². The number of rotatable bonds is 3. The van der Waals surface area contributed by atoms with Crippen LogP contribution >= 0.6 is 11.3 Å². The van der Waals surface area contributed by atoms with Gasteiger partial charge in [-0.3, -0.25) is 9.69 Å². The van der Waals surface area contributed by atoms with E-state index in [2.05, 4.69) is 0 Å². The zero-order chi connectivity index (χ0) is 11.8. The molecule has 88 valence electrons. The van der Waals surface area contributed by atoms with Crippen LogP contribution < -0.4 is 5.73 Å². The molecular formula is C11H15FN2OS. The first kappa shape index (κ1) is 11.5. The molecule has 1 aliphatic rings. The van der Waals surface area contributed by atoms with E-state index < -0.39 is 11.6 Å². The van der Waals surface area contributed by atoms with Crippen LogP contribution in [-0.4, -0.2) is 29.6 Å². The van der Waals surface area contributed by atoms with Gasteiger partial charge in [0.2, 0.25) is 5.67 Å². The van der Waals surface area contributed by atoms with Crippen LogP contribution in [-0.2, 0) is 11.3 Å². The van der Waals surface area contributed by atoms with Gasteiger partial charge in [-0.2, -0.15) is 0 Å². The van der Waals surface area contributed by atoms with E-state index >= 15 is 0 Å². The maximum absolute atomic E-state index is 13.9. The number of alkyl halides is 1. The van der Waals surface area contributed by atoms with Crippen molar-refractivity contribution in [2.45, 2.75) is 25.6 Å². The Labute approximate surface area is 98.0 Å². The van der Waals surface area contributed by atoms with Crippen molar-refractivity contribution in [3.63, 3.8) is 0 Å². The molecule has 1 amide bonds. The van der Waals surface area contributed by atoms with Gasteiger partial charge in [-0.05, 0) is 19.1 Å². The molecule has 1 aliphatic heterocycles. The minimum absolute atomic E-state index is 0.124. The SMILES string of the molecule is Cc1ccc(CN2CCC(F)(C(N)=O)C2)s1. The molecule has 0 saturated carbocycles. The van der Waals surface area contributed by atoms with Gasteiger partial charge in [0.1, 0.15) is 0 Å². The van der Waals surface area contributed by atoms with Crippen molar-refractivity contribution in [1.82, 2.24) is 4.90 Å². The highest BCUT2D eigenvalue weighted by Gasteiger charge is 2.43. The number of nitrogens with zero attached hydrogens (tertiary/aromatic N) is 1. The molecule has 2 heterocycles. The van der Waals surface area contributed by atoms with Gasteiger partial charge < -0.3 is 5.73 Å². The topological polar surface area (TPSA) is 46.3 Å². The van der Waals surface area contributed by atoms with Gasteiger partial charge in [-0.15, -0.1) is 11.3 Å². The fraction of sp³-hybridized carbons (Fsp3) is 0.545. The Morgan fingerprint density at radius 3 is 2.94 bits per heavy atom. The molecule has 16 heavy (non-hydrogen) atoms. The predicted octanol–water partition coefficient (Wildman–Crippen LogP) is 1.46. The fourth-order valence-electron chi connectivity index (χ4n) is 1.97. The molecule has 1 aromatic rings. The van der Waals surface area contributed by atoms with Crippen molar-refractivity contribution in [2.75, 3.05) is 13.1 Å². The lowest BCUT2D eigenvalue weighted by molar-refractivity contribution is -0.128. The summed E-state index contributed by atoms with van der Waals surface area (Å²) >= 11 is 1.70. The van der Waals surface area contributed by atoms with Gasteiger partial charge in [0, 0.05) is 35.8 Å². The second-order valence-corrected chi connectivity index (χ2v) is 5.68. The smallest absolute Gasteiger partial charge is 0.256 e. The molecule has 0 aromatic carbocycles. The predicted molar refractivity (Wildman–Crippen MR) is 62.0 cm³/mol. The standard InChI is InChI=1S/C11H15FN2OS/c1-8-2-3-9(16-8)6-14-5-4-11(12,7-14)10(13)15/h2-3H,4-7H2,1H3,(H2,13,15). The summed E-state index contributed by atoms with van der Waals surface area (Å²) in [4.78, 5) is 15.3. The van der Waals surface area contributed by atoms with Crippen LogP contribution in [0.1, 0.15) is 16.2 Å². The quantitative estimate of drug-likeness (QED) is 0.872. The van der Waals surface area contributed by atoms with Crippen molar-refractivity contribution in [3.05, 3.63) is 21.9 Å². The molecule has 0 spiro atoms. The van der Waals surface area contributed by atoms with E-state index in [0.29, 0.717) is 13.1 Å². The molecule has 5 heteroatoms. The van der Waals surface area contributed by atoms with Crippen LogP contribution in [0.2, 0.25) is 0 Å². The number of primary amides is 1. The lowest BCUT2D eigenvalue weighted by atomic mass is 10.1. The first-order chi connectivity index (χ1) is 7.49. The van der Waals surface area contributed by atoms with E-state index in [9.17, 15) is 9.18 Å². The molecule has 0 radical (unpaired) electrons. The van der Waals surface area contributed by atoms with Crippen LogP contribution in [0.5, 0.6) is 0 Å². The van der Waals surface area contributed by atoms with Crippen molar-refractivity contribution < 1.29 is 9.18 Å². The van der Waals surface area contributed by atoms with Gasteiger partial charge in [-0.1, -0.05) is 0 Å². The highest BCUT2D eigenvalue weighted by molar-refractivity contribution is 7.11. The van der Waals surface area contributed by atoms with E-state index in [1.165, 1.54) is 9.75 Å². The second kappa shape index (κ2) is 4.14. The largest absolute Gasteiger partial charge is 0.367 e. The van der Waals surface area contributed by atoms with Crippen LogP contribution in [0.3, 0.4) is 0 Å². The van der Waals surface area contributed by atoms with Gasteiger partial charge in [0.15, 0.2) is 0 Å². The summed E-state index contributed by atoms with van der Waals surface area (Å²) in [5.41, 5.74) is 3.23. The van der Waals surface area contributed by atoms with E-state index in [1.54, 1.807) is 11.3 Å². The first-order valence-corrected chi connectivity index (χ1v) is 6.08. The molecule has 0 bridgehead atoms. The minimum Gasteiger partial charge on any atom is -0.367 e. The molecular weight excluding hydrogens is 227 g/mol. The molecule has 3 nitrogen and oxygen atoms in total. The fourth-order valence-corrected chi connectivity index (χ4v) is 2.91. The normalized spacial score (nSPS) is 26.1. The van der Waals surface area contributed by atoms with E-state index in [4.69, 9.17) is 5.73 Å².